The number of likely N-dealkylation sites (N-methyl/N-ethyl adjacent to an activating group) is 1. The molecule has 0 aromatic heterocycles. The van der Waals surface area contributed by atoms with Crippen LogP contribution >= 0.6 is 11.6 Å². The van der Waals surface area contributed by atoms with Crippen LogP contribution < -0.4 is 10.2 Å². The number of amides is 1. The van der Waals surface area contributed by atoms with Gasteiger partial charge in [-0.3, -0.25) is 4.79 Å². The first-order valence-corrected chi connectivity index (χ1v) is 7.03. The molecule has 6 heteroatoms. The van der Waals surface area contributed by atoms with Crippen LogP contribution in [0, 0.1) is 0 Å². The monoisotopic (exact) mass is 296 g/mol. The van der Waals surface area contributed by atoms with E-state index in [4.69, 9.17) is 16.3 Å². The van der Waals surface area contributed by atoms with Gasteiger partial charge in [-0.25, -0.2) is 0 Å². The van der Waals surface area contributed by atoms with Crippen LogP contribution in [0.15, 0.2) is 12.1 Å². The molecule has 20 heavy (non-hydrogen) atoms. The average molecular weight is 297 g/mol. The van der Waals surface area contributed by atoms with E-state index in [1.165, 1.54) is 0 Å². The van der Waals surface area contributed by atoms with E-state index in [1.807, 2.05) is 20.0 Å². The fraction of sp³-hybridized carbons (Fsp3) is 0.500. The minimum Gasteiger partial charge on any atom is -0.378 e. The Bertz CT molecular complexity index is 564. The summed E-state index contributed by atoms with van der Waals surface area (Å²) in [5.74, 6) is -0.409. The van der Waals surface area contributed by atoms with Crippen molar-refractivity contribution in [3.63, 3.8) is 0 Å². The first kappa shape index (κ1) is 13.7. The Morgan fingerprint density at radius 3 is 2.90 bits per heavy atom. The van der Waals surface area contributed by atoms with Crippen LogP contribution in [0.5, 0.6) is 0 Å². The summed E-state index contributed by atoms with van der Waals surface area (Å²) in [5, 5.41) is 12.9. The summed E-state index contributed by atoms with van der Waals surface area (Å²) in [6.45, 7) is 2.79. The first-order chi connectivity index (χ1) is 9.49. The van der Waals surface area contributed by atoms with Crippen LogP contribution in [0.4, 0.5) is 11.4 Å². The number of nitrogens with zero attached hydrogens (tertiary/aromatic N) is 1. The molecule has 3 rings (SSSR count). The van der Waals surface area contributed by atoms with E-state index in [1.54, 1.807) is 6.07 Å². The maximum absolute atomic E-state index is 11.5. The minimum atomic E-state index is -1.13. The van der Waals surface area contributed by atoms with E-state index in [0.717, 1.165) is 18.7 Å². The van der Waals surface area contributed by atoms with Gasteiger partial charge in [-0.05, 0) is 25.5 Å². The topological polar surface area (TPSA) is 61.8 Å². The third kappa shape index (κ3) is 2.06. The van der Waals surface area contributed by atoms with E-state index in [0.29, 0.717) is 16.3 Å². The van der Waals surface area contributed by atoms with Crippen molar-refractivity contribution < 1.29 is 14.6 Å². The van der Waals surface area contributed by atoms with Crippen molar-refractivity contribution >= 4 is 28.9 Å². The number of hydrogen-bond donors (Lipinski definition) is 2. The standard InChI is InChI=1S/C14H17ClN2O3/c1-7-11(3-4-20-7)17(2)12-6-10-8(5-9(12)15)13(18)14(19)16-10/h5-7,11,13,18H,3-4H2,1-2H3,(H,16,19). The molecule has 1 fully saturated rings. The smallest absolute Gasteiger partial charge is 0.257 e. The Kier molecular flexibility index (Phi) is 3.36. The molecule has 1 aromatic carbocycles. The Balaban J connectivity index is 1.95. The van der Waals surface area contributed by atoms with Crippen molar-refractivity contribution in [1.82, 2.24) is 0 Å². The van der Waals surface area contributed by atoms with Gasteiger partial charge in [0.2, 0.25) is 0 Å². The Hall–Kier alpha value is -1.30. The van der Waals surface area contributed by atoms with Crippen LogP contribution in [-0.4, -0.2) is 36.8 Å². The molecular weight excluding hydrogens is 280 g/mol. The number of fused-ring (bicyclic) bond motifs is 1. The highest BCUT2D eigenvalue weighted by Gasteiger charge is 2.33. The highest BCUT2D eigenvalue weighted by atomic mass is 35.5. The van der Waals surface area contributed by atoms with Crippen molar-refractivity contribution in [3.8, 4) is 0 Å². The summed E-state index contributed by atoms with van der Waals surface area (Å²) < 4.78 is 5.58. The Morgan fingerprint density at radius 1 is 1.50 bits per heavy atom. The average Bonchev–Trinajstić information content (AvgIpc) is 2.94. The van der Waals surface area contributed by atoms with Gasteiger partial charge in [0.25, 0.3) is 5.91 Å². The first-order valence-electron chi connectivity index (χ1n) is 6.66. The van der Waals surface area contributed by atoms with Crippen molar-refractivity contribution in [2.45, 2.75) is 31.6 Å². The number of rotatable bonds is 2. The van der Waals surface area contributed by atoms with Crippen molar-refractivity contribution in [3.05, 3.63) is 22.7 Å². The number of benzene rings is 1. The third-order valence-electron chi connectivity index (χ3n) is 4.13. The van der Waals surface area contributed by atoms with Crippen LogP contribution in [0.2, 0.25) is 5.02 Å². The second kappa shape index (κ2) is 4.91. The predicted molar refractivity (Wildman–Crippen MR) is 77.3 cm³/mol. The molecule has 0 bridgehead atoms. The van der Waals surface area contributed by atoms with Crippen molar-refractivity contribution in [1.29, 1.82) is 0 Å². The number of nitrogens with one attached hydrogen (secondary N) is 1. The lowest BCUT2D eigenvalue weighted by molar-refractivity contribution is -0.123. The highest BCUT2D eigenvalue weighted by molar-refractivity contribution is 6.33. The van der Waals surface area contributed by atoms with Gasteiger partial charge in [0.15, 0.2) is 6.10 Å². The minimum absolute atomic E-state index is 0.143. The molecule has 1 saturated heterocycles. The molecule has 108 valence electrons. The highest BCUT2D eigenvalue weighted by Crippen LogP contribution is 2.39. The molecule has 2 aliphatic rings. The number of carbonyl (C=O) groups is 1. The maximum Gasteiger partial charge on any atom is 0.257 e. The molecule has 2 aliphatic heterocycles. The molecule has 3 unspecified atom stereocenters. The van der Waals surface area contributed by atoms with Crippen molar-refractivity contribution in [2.75, 3.05) is 23.9 Å². The molecule has 2 N–H and O–H groups in total. The SMILES string of the molecule is CC1OCCC1N(C)c1cc2c(cc1Cl)C(O)C(=O)N2. The van der Waals surface area contributed by atoms with Gasteiger partial charge in [0.05, 0.1) is 22.9 Å². The van der Waals surface area contributed by atoms with Gasteiger partial charge in [0, 0.05) is 24.9 Å². The zero-order chi connectivity index (χ0) is 14.4. The lowest BCUT2D eigenvalue weighted by atomic mass is 10.1. The Labute approximate surface area is 122 Å². The summed E-state index contributed by atoms with van der Waals surface area (Å²) in [6, 6.07) is 3.73. The van der Waals surface area contributed by atoms with Gasteiger partial charge >= 0.3 is 0 Å². The zero-order valence-corrected chi connectivity index (χ0v) is 12.1. The normalized spacial score (nSPS) is 28.4. The summed E-state index contributed by atoms with van der Waals surface area (Å²) in [7, 11) is 1.97. The lowest BCUT2D eigenvalue weighted by Gasteiger charge is -2.30. The van der Waals surface area contributed by atoms with Gasteiger partial charge in [-0.15, -0.1) is 0 Å². The lowest BCUT2D eigenvalue weighted by Crippen LogP contribution is -2.36. The molecule has 3 atom stereocenters. The predicted octanol–water partition coefficient (Wildman–Crippen LogP) is 1.94. The van der Waals surface area contributed by atoms with Crippen LogP contribution in [-0.2, 0) is 9.53 Å². The van der Waals surface area contributed by atoms with Gasteiger partial charge in [-0.2, -0.15) is 0 Å². The number of aliphatic hydroxyl groups excluding tert-OH is 1. The quantitative estimate of drug-likeness (QED) is 0.875. The number of halogens is 1. The largest absolute Gasteiger partial charge is 0.378 e. The van der Waals surface area contributed by atoms with E-state index >= 15 is 0 Å². The van der Waals surface area contributed by atoms with Gasteiger partial charge < -0.3 is 20.1 Å². The number of hydrogen-bond acceptors (Lipinski definition) is 4. The van der Waals surface area contributed by atoms with Crippen molar-refractivity contribution in [2.24, 2.45) is 0 Å². The molecular formula is C14H17ClN2O3. The fourth-order valence-corrected chi connectivity index (χ4v) is 3.24. The van der Waals surface area contributed by atoms with Gasteiger partial charge in [0.1, 0.15) is 0 Å². The van der Waals surface area contributed by atoms with Gasteiger partial charge in [-0.1, -0.05) is 11.6 Å². The number of anilines is 2. The number of ether oxygens (including phenoxy) is 1. The molecule has 1 aromatic rings. The summed E-state index contributed by atoms with van der Waals surface area (Å²) in [5.41, 5.74) is 2.00. The summed E-state index contributed by atoms with van der Waals surface area (Å²) in [6.07, 6.45) is -0.0415. The molecule has 5 nitrogen and oxygen atoms in total. The molecule has 0 saturated carbocycles. The van der Waals surface area contributed by atoms with E-state index < -0.39 is 12.0 Å². The fourth-order valence-electron chi connectivity index (χ4n) is 2.93. The van der Waals surface area contributed by atoms with E-state index in [2.05, 4.69) is 10.2 Å². The van der Waals surface area contributed by atoms with Crippen LogP contribution in [0.3, 0.4) is 0 Å². The molecule has 0 radical (unpaired) electrons. The van der Waals surface area contributed by atoms with Crippen LogP contribution in [0.25, 0.3) is 0 Å². The molecule has 0 aliphatic carbocycles. The second-order valence-electron chi connectivity index (χ2n) is 5.33. The van der Waals surface area contributed by atoms with Crippen LogP contribution in [0.1, 0.15) is 25.0 Å². The second-order valence-corrected chi connectivity index (χ2v) is 5.73. The number of carbonyl (C=O) groups excluding carboxylic acids is 1. The molecule has 2 heterocycles. The molecule has 1 amide bonds. The summed E-state index contributed by atoms with van der Waals surface area (Å²) >= 11 is 6.31. The van der Waals surface area contributed by atoms with E-state index in [9.17, 15) is 9.90 Å². The Morgan fingerprint density at radius 2 is 2.25 bits per heavy atom. The number of aliphatic hydroxyl groups is 1. The summed E-state index contributed by atoms with van der Waals surface area (Å²) in [4.78, 5) is 13.6. The zero-order valence-electron chi connectivity index (χ0n) is 11.4. The maximum atomic E-state index is 11.5. The van der Waals surface area contributed by atoms with E-state index in [-0.39, 0.29) is 12.1 Å². The molecule has 0 spiro atoms. The third-order valence-corrected chi connectivity index (χ3v) is 4.44.